The molecule has 0 aliphatic carbocycles. The molecule has 0 spiro atoms. The molecule has 0 bridgehead atoms. The second-order valence-corrected chi connectivity index (χ2v) is 4.56. The Morgan fingerprint density at radius 3 is 2.70 bits per heavy atom. The molecule has 0 saturated carbocycles. The molecule has 1 aromatic rings. The van der Waals surface area contributed by atoms with Crippen LogP contribution in [0.15, 0.2) is 18.2 Å². The number of hydrogen-bond acceptors (Lipinski definition) is 3. The van der Waals surface area contributed by atoms with Gasteiger partial charge in [-0.1, -0.05) is 0 Å². The molecule has 0 aromatic heterocycles. The van der Waals surface area contributed by atoms with E-state index in [9.17, 15) is 18.0 Å². The van der Waals surface area contributed by atoms with E-state index in [-0.39, 0.29) is 11.3 Å². The maximum absolute atomic E-state index is 12.7. The summed E-state index contributed by atoms with van der Waals surface area (Å²) in [6.45, 7) is 1.73. The average molecular weight is 288 g/mol. The minimum Gasteiger partial charge on any atom is -0.398 e. The van der Waals surface area contributed by atoms with Crippen molar-refractivity contribution >= 4 is 11.6 Å². The van der Waals surface area contributed by atoms with E-state index in [2.05, 4.69) is 0 Å². The summed E-state index contributed by atoms with van der Waals surface area (Å²) in [7, 11) is 0. The van der Waals surface area contributed by atoms with Gasteiger partial charge >= 0.3 is 6.18 Å². The number of anilines is 1. The molecular formula is C13H15F3N2O2. The first-order valence-corrected chi connectivity index (χ1v) is 6.23. The summed E-state index contributed by atoms with van der Waals surface area (Å²) in [4.78, 5) is 13.7. The summed E-state index contributed by atoms with van der Waals surface area (Å²) in [5.74, 6) is -0.487. The van der Waals surface area contributed by atoms with Gasteiger partial charge in [0.05, 0.1) is 17.7 Å². The predicted octanol–water partition coefficient (Wildman–Crippen LogP) is 2.15. The summed E-state index contributed by atoms with van der Waals surface area (Å²) in [6.07, 6.45) is -3.84. The first-order chi connectivity index (χ1) is 9.39. The van der Waals surface area contributed by atoms with E-state index in [1.165, 1.54) is 4.90 Å². The highest BCUT2D eigenvalue weighted by atomic mass is 19.4. The van der Waals surface area contributed by atoms with Crippen LogP contribution in [0.3, 0.4) is 0 Å². The number of carbonyl (C=O) groups excluding carboxylic acids is 1. The van der Waals surface area contributed by atoms with Crippen LogP contribution in [0.5, 0.6) is 0 Å². The molecule has 2 rings (SSSR count). The van der Waals surface area contributed by atoms with E-state index in [1.807, 2.05) is 0 Å². The van der Waals surface area contributed by atoms with E-state index in [4.69, 9.17) is 10.5 Å². The quantitative estimate of drug-likeness (QED) is 0.806. The first kappa shape index (κ1) is 14.6. The summed E-state index contributed by atoms with van der Waals surface area (Å²) >= 11 is 0. The lowest BCUT2D eigenvalue weighted by Gasteiger charge is -2.21. The van der Waals surface area contributed by atoms with Crippen LogP contribution < -0.4 is 5.73 Å². The Kier molecular flexibility index (Phi) is 4.17. The highest BCUT2D eigenvalue weighted by molar-refractivity contribution is 5.99. The fourth-order valence-corrected chi connectivity index (χ4v) is 2.04. The zero-order valence-corrected chi connectivity index (χ0v) is 10.7. The number of nitrogens with two attached hydrogens (primary N) is 1. The number of halogens is 3. The number of hydrogen-bond donors (Lipinski definition) is 1. The van der Waals surface area contributed by atoms with E-state index in [0.29, 0.717) is 32.7 Å². The molecule has 20 heavy (non-hydrogen) atoms. The second kappa shape index (κ2) is 5.70. The smallest absolute Gasteiger partial charge is 0.398 e. The highest BCUT2D eigenvalue weighted by Gasteiger charge is 2.32. The summed E-state index contributed by atoms with van der Waals surface area (Å²) in [5, 5.41) is 0. The number of alkyl halides is 3. The molecule has 1 heterocycles. The van der Waals surface area contributed by atoms with Gasteiger partial charge in [-0.05, 0) is 24.6 Å². The zero-order chi connectivity index (χ0) is 14.8. The fraction of sp³-hybridized carbons (Fsp3) is 0.462. The van der Waals surface area contributed by atoms with Crippen LogP contribution in [0.25, 0.3) is 0 Å². The Bertz CT molecular complexity index is 495. The largest absolute Gasteiger partial charge is 0.416 e. The number of rotatable bonds is 1. The lowest BCUT2D eigenvalue weighted by atomic mass is 10.1. The lowest BCUT2D eigenvalue weighted by molar-refractivity contribution is -0.137. The van der Waals surface area contributed by atoms with Gasteiger partial charge in [-0.25, -0.2) is 0 Å². The third kappa shape index (κ3) is 3.22. The number of nitrogen functional groups attached to an aromatic ring is 1. The molecule has 1 saturated heterocycles. The fourth-order valence-electron chi connectivity index (χ4n) is 2.04. The molecule has 7 heteroatoms. The van der Waals surface area contributed by atoms with Crippen LogP contribution in [0.2, 0.25) is 0 Å². The normalized spacial score (nSPS) is 16.9. The molecular weight excluding hydrogens is 273 g/mol. The Morgan fingerprint density at radius 1 is 1.25 bits per heavy atom. The minimum atomic E-state index is -4.50. The average Bonchev–Trinajstić information content (AvgIpc) is 2.66. The van der Waals surface area contributed by atoms with E-state index >= 15 is 0 Å². The standard InChI is InChI=1S/C13H15F3N2O2/c14-13(15,16)9-2-3-11(17)10(8-9)12(19)18-4-1-6-20-7-5-18/h2-3,8H,1,4-7,17H2. The SMILES string of the molecule is Nc1ccc(C(F)(F)F)cc1C(=O)N1CCCOCC1. The molecule has 0 radical (unpaired) electrons. The summed E-state index contributed by atoms with van der Waals surface area (Å²) in [5.41, 5.74) is 4.70. The van der Waals surface area contributed by atoms with Crippen molar-refractivity contribution in [2.24, 2.45) is 0 Å². The molecule has 1 aliphatic heterocycles. The Hall–Kier alpha value is -1.76. The van der Waals surface area contributed by atoms with Crippen molar-refractivity contribution in [2.45, 2.75) is 12.6 Å². The first-order valence-electron chi connectivity index (χ1n) is 6.23. The maximum atomic E-state index is 12.7. The Morgan fingerprint density at radius 2 is 2.00 bits per heavy atom. The van der Waals surface area contributed by atoms with Crippen LogP contribution in [0, 0.1) is 0 Å². The van der Waals surface area contributed by atoms with Crippen molar-refractivity contribution in [1.29, 1.82) is 0 Å². The number of nitrogens with zero attached hydrogens (tertiary/aromatic N) is 1. The molecule has 2 N–H and O–H groups in total. The van der Waals surface area contributed by atoms with Gasteiger partial charge in [-0.2, -0.15) is 13.2 Å². The van der Waals surface area contributed by atoms with Crippen molar-refractivity contribution in [3.8, 4) is 0 Å². The van der Waals surface area contributed by atoms with Gasteiger partial charge in [0.25, 0.3) is 5.91 Å². The van der Waals surface area contributed by atoms with Crippen molar-refractivity contribution in [3.05, 3.63) is 29.3 Å². The lowest BCUT2D eigenvalue weighted by Crippen LogP contribution is -2.33. The summed E-state index contributed by atoms with van der Waals surface area (Å²) < 4.78 is 43.3. The van der Waals surface area contributed by atoms with Crippen LogP contribution in [-0.4, -0.2) is 37.1 Å². The van der Waals surface area contributed by atoms with Gasteiger partial charge in [0, 0.05) is 25.4 Å². The number of benzene rings is 1. The third-order valence-electron chi connectivity index (χ3n) is 3.12. The van der Waals surface area contributed by atoms with Crippen molar-refractivity contribution in [1.82, 2.24) is 4.90 Å². The van der Waals surface area contributed by atoms with Crippen molar-refractivity contribution in [3.63, 3.8) is 0 Å². The Balaban J connectivity index is 2.28. The molecule has 0 atom stereocenters. The van der Waals surface area contributed by atoms with Crippen LogP contribution in [-0.2, 0) is 10.9 Å². The number of amides is 1. The van der Waals surface area contributed by atoms with Crippen molar-refractivity contribution in [2.75, 3.05) is 32.0 Å². The minimum absolute atomic E-state index is 0.0492. The van der Waals surface area contributed by atoms with E-state index in [0.717, 1.165) is 18.2 Å². The number of carbonyl (C=O) groups is 1. The van der Waals surface area contributed by atoms with E-state index in [1.54, 1.807) is 0 Å². The molecule has 110 valence electrons. The topological polar surface area (TPSA) is 55.6 Å². The molecule has 1 amide bonds. The number of ether oxygens (including phenoxy) is 1. The van der Waals surface area contributed by atoms with Crippen LogP contribution in [0.1, 0.15) is 22.3 Å². The maximum Gasteiger partial charge on any atom is 0.416 e. The Labute approximate surface area is 114 Å². The van der Waals surface area contributed by atoms with Gasteiger partial charge in [-0.15, -0.1) is 0 Å². The van der Waals surface area contributed by atoms with Gasteiger partial charge in [0.15, 0.2) is 0 Å². The summed E-state index contributed by atoms with van der Waals surface area (Å²) in [6, 6.07) is 2.80. The molecule has 1 aromatic carbocycles. The monoisotopic (exact) mass is 288 g/mol. The van der Waals surface area contributed by atoms with Gasteiger partial charge in [-0.3, -0.25) is 4.79 Å². The third-order valence-corrected chi connectivity index (χ3v) is 3.12. The van der Waals surface area contributed by atoms with E-state index < -0.39 is 17.6 Å². The van der Waals surface area contributed by atoms with Gasteiger partial charge < -0.3 is 15.4 Å². The van der Waals surface area contributed by atoms with Crippen LogP contribution >= 0.6 is 0 Å². The molecule has 1 aliphatic rings. The molecule has 1 fully saturated rings. The zero-order valence-electron chi connectivity index (χ0n) is 10.7. The highest BCUT2D eigenvalue weighted by Crippen LogP contribution is 2.31. The predicted molar refractivity (Wildman–Crippen MR) is 67.2 cm³/mol. The van der Waals surface area contributed by atoms with Crippen molar-refractivity contribution < 1.29 is 22.7 Å². The molecule has 0 unspecified atom stereocenters. The molecule has 4 nitrogen and oxygen atoms in total. The van der Waals surface area contributed by atoms with Gasteiger partial charge in [0.2, 0.25) is 0 Å². The van der Waals surface area contributed by atoms with Gasteiger partial charge in [0.1, 0.15) is 0 Å². The second-order valence-electron chi connectivity index (χ2n) is 4.56. The van der Waals surface area contributed by atoms with Crippen LogP contribution in [0.4, 0.5) is 18.9 Å².